The number of ether oxygens (including phenoxy) is 2. The minimum atomic E-state index is -0.402. The number of hydrogen-bond donors (Lipinski definition) is 0. The third-order valence-electron chi connectivity index (χ3n) is 2.46. The van der Waals surface area contributed by atoms with Crippen LogP contribution < -0.4 is 0 Å². The molecule has 0 saturated carbocycles. The highest BCUT2D eigenvalue weighted by atomic mass is 16.5. The van der Waals surface area contributed by atoms with E-state index in [0.29, 0.717) is 6.54 Å². The highest BCUT2D eigenvalue weighted by Crippen LogP contribution is 2.03. The first-order valence-electron chi connectivity index (χ1n) is 5.38. The molecule has 0 saturated heterocycles. The largest absolute Gasteiger partial charge is 0.468 e. The SMILES string of the molecule is COC(=O)CN(CC(=O)OC)Cc1cncn1C. The average molecular weight is 255 g/mol. The summed E-state index contributed by atoms with van der Waals surface area (Å²) in [6.07, 6.45) is 3.34. The fourth-order valence-electron chi connectivity index (χ4n) is 1.43. The molecule has 0 amide bonds. The van der Waals surface area contributed by atoms with Gasteiger partial charge in [-0.1, -0.05) is 0 Å². The molecule has 7 nitrogen and oxygen atoms in total. The van der Waals surface area contributed by atoms with Crippen LogP contribution in [0.15, 0.2) is 12.5 Å². The second kappa shape index (κ2) is 6.75. The second-order valence-electron chi connectivity index (χ2n) is 3.79. The molecular weight excluding hydrogens is 238 g/mol. The zero-order valence-electron chi connectivity index (χ0n) is 10.8. The van der Waals surface area contributed by atoms with E-state index in [1.54, 1.807) is 17.4 Å². The molecular formula is C11H17N3O4. The highest BCUT2D eigenvalue weighted by Gasteiger charge is 2.16. The number of carbonyl (C=O) groups excluding carboxylic acids is 2. The summed E-state index contributed by atoms with van der Waals surface area (Å²) in [6.45, 7) is 0.467. The van der Waals surface area contributed by atoms with Crippen LogP contribution in [0.5, 0.6) is 0 Å². The van der Waals surface area contributed by atoms with E-state index in [1.165, 1.54) is 14.2 Å². The van der Waals surface area contributed by atoms with Gasteiger partial charge in [-0.05, 0) is 0 Å². The van der Waals surface area contributed by atoms with Crippen molar-refractivity contribution in [2.24, 2.45) is 7.05 Å². The van der Waals surface area contributed by atoms with Crippen molar-refractivity contribution < 1.29 is 19.1 Å². The van der Waals surface area contributed by atoms with Crippen LogP contribution in [0.2, 0.25) is 0 Å². The number of aromatic nitrogens is 2. The number of hydrogen-bond acceptors (Lipinski definition) is 6. The predicted octanol–water partition coefficient (Wildman–Crippen LogP) is -0.432. The van der Waals surface area contributed by atoms with E-state index in [0.717, 1.165) is 5.69 Å². The van der Waals surface area contributed by atoms with Gasteiger partial charge in [0.05, 0.1) is 39.3 Å². The van der Waals surface area contributed by atoms with Crippen molar-refractivity contribution in [1.82, 2.24) is 14.5 Å². The Bertz CT molecular complexity index is 398. The summed E-state index contributed by atoms with van der Waals surface area (Å²) >= 11 is 0. The maximum Gasteiger partial charge on any atom is 0.319 e. The number of carbonyl (C=O) groups is 2. The van der Waals surface area contributed by atoms with E-state index >= 15 is 0 Å². The molecule has 100 valence electrons. The van der Waals surface area contributed by atoms with Gasteiger partial charge in [-0.15, -0.1) is 0 Å². The van der Waals surface area contributed by atoms with Crippen LogP contribution in [-0.4, -0.2) is 53.7 Å². The van der Waals surface area contributed by atoms with Crippen molar-refractivity contribution in [3.63, 3.8) is 0 Å². The summed E-state index contributed by atoms with van der Waals surface area (Å²) in [5, 5.41) is 0. The predicted molar refractivity (Wildman–Crippen MR) is 62.5 cm³/mol. The quantitative estimate of drug-likeness (QED) is 0.642. The second-order valence-corrected chi connectivity index (χ2v) is 3.79. The molecule has 1 aromatic heterocycles. The molecule has 0 N–H and O–H groups in total. The minimum absolute atomic E-state index is 0.0246. The first-order chi connectivity index (χ1) is 8.56. The van der Waals surface area contributed by atoms with E-state index in [-0.39, 0.29) is 13.1 Å². The van der Waals surface area contributed by atoms with E-state index in [1.807, 2.05) is 11.6 Å². The van der Waals surface area contributed by atoms with Crippen molar-refractivity contribution in [2.45, 2.75) is 6.54 Å². The van der Waals surface area contributed by atoms with Gasteiger partial charge in [0, 0.05) is 19.8 Å². The van der Waals surface area contributed by atoms with Crippen molar-refractivity contribution >= 4 is 11.9 Å². The summed E-state index contributed by atoms with van der Waals surface area (Å²) in [5.74, 6) is -0.804. The molecule has 1 heterocycles. The maximum atomic E-state index is 11.3. The summed E-state index contributed by atoms with van der Waals surface area (Å²) in [7, 11) is 4.46. The van der Waals surface area contributed by atoms with Crippen LogP contribution in [0.3, 0.4) is 0 Å². The fraction of sp³-hybridized carbons (Fsp3) is 0.545. The molecule has 0 bridgehead atoms. The monoisotopic (exact) mass is 255 g/mol. The van der Waals surface area contributed by atoms with Crippen LogP contribution in [0.25, 0.3) is 0 Å². The first-order valence-corrected chi connectivity index (χ1v) is 5.38. The van der Waals surface area contributed by atoms with Crippen molar-refractivity contribution in [2.75, 3.05) is 27.3 Å². The minimum Gasteiger partial charge on any atom is -0.468 e. The average Bonchev–Trinajstić information content (AvgIpc) is 2.74. The Balaban J connectivity index is 2.67. The molecule has 0 atom stereocenters. The highest BCUT2D eigenvalue weighted by molar-refractivity contribution is 5.74. The van der Waals surface area contributed by atoms with Gasteiger partial charge >= 0.3 is 11.9 Å². The lowest BCUT2D eigenvalue weighted by molar-refractivity contribution is -0.145. The standard InChI is InChI=1S/C11H17N3O4/c1-13-8-12-4-9(13)5-14(6-10(15)17-2)7-11(16)18-3/h4,8H,5-7H2,1-3H3. The Morgan fingerprint density at radius 1 is 1.28 bits per heavy atom. The number of esters is 2. The van der Waals surface area contributed by atoms with E-state index in [2.05, 4.69) is 14.5 Å². The van der Waals surface area contributed by atoms with Gasteiger partial charge in [-0.3, -0.25) is 14.5 Å². The van der Waals surface area contributed by atoms with Crippen molar-refractivity contribution in [3.8, 4) is 0 Å². The van der Waals surface area contributed by atoms with Gasteiger partial charge in [-0.2, -0.15) is 0 Å². The van der Waals surface area contributed by atoms with Gasteiger partial charge in [0.1, 0.15) is 0 Å². The summed E-state index contributed by atoms with van der Waals surface area (Å²) in [6, 6.07) is 0. The van der Waals surface area contributed by atoms with Crippen LogP contribution in [0.1, 0.15) is 5.69 Å². The molecule has 0 spiro atoms. The van der Waals surface area contributed by atoms with Gasteiger partial charge in [0.2, 0.25) is 0 Å². The Labute approximate surface area is 105 Å². The van der Waals surface area contributed by atoms with Gasteiger partial charge in [0.25, 0.3) is 0 Å². The smallest absolute Gasteiger partial charge is 0.319 e. The Hall–Kier alpha value is -1.89. The molecule has 0 aromatic carbocycles. The lowest BCUT2D eigenvalue weighted by Crippen LogP contribution is -2.35. The number of rotatable bonds is 6. The fourth-order valence-corrected chi connectivity index (χ4v) is 1.43. The first kappa shape index (κ1) is 14.2. The van der Waals surface area contributed by atoms with E-state index < -0.39 is 11.9 Å². The summed E-state index contributed by atoms with van der Waals surface area (Å²) in [4.78, 5) is 28.1. The lowest BCUT2D eigenvalue weighted by atomic mass is 10.3. The summed E-state index contributed by atoms with van der Waals surface area (Å²) < 4.78 is 11.0. The van der Waals surface area contributed by atoms with Crippen LogP contribution in [-0.2, 0) is 32.7 Å². The molecule has 0 aliphatic heterocycles. The Kier molecular flexibility index (Phi) is 5.31. The van der Waals surface area contributed by atoms with Crippen molar-refractivity contribution in [1.29, 1.82) is 0 Å². The summed E-state index contributed by atoms with van der Waals surface area (Å²) in [5.41, 5.74) is 0.891. The van der Waals surface area contributed by atoms with Gasteiger partial charge in [-0.25, -0.2) is 4.98 Å². The van der Waals surface area contributed by atoms with E-state index in [9.17, 15) is 9.59 Å². The molecule has 18 heavy (non-hydrogen) atoms. The molecule has 1 aromatic rings. The van der Waals surface area contributed by atoms with Gasteiger partial charge in [0.15, 0.2) is 0 Å². The molecule has 1 rings (SSSR count). The topological polar surface area (TPSA) is 73.7 Å². The molecule has 0 fully saturated rings. The third kappa shape index (κ3) is 4.17. The molecule has 0 unspecified atom stereocenters. The Morgan fingerprint density at radius 2 is 1.83 bits per heavy atom. The molecule has 7 heteroatoms. The number of imidazole rings is 1. The molecule has 0 aliphatic rings. The van der Waals surface area contributed by atoms with E-state index in [4.69, 9.17) is 0 Å². The number of aryl methyl sites for hydroxylation is 1. The zero-order valence-corrected chi connectivity index (χ0v) is 10.8. The number of nitrogens with zero attached hydrogens (tertiary/aromatic N) is 3. The number of methoxy groups -OCH3 is 2. The zero-order chi connectivity index (χ0) is 13.5. The molecule has 0 aliphatic carbocycles. The van der Waals surface area contributed by atoms with Crippen LogP contribution in [0, 0.1) is 0 Å². The van der Waals surface area contributed by atoms with Crippen LogP contribution >= 0.6 is 0 Å². The molecule has 0 radical (unpaired) electrons. The van der Waals surface area contributed by atoms with Crippen molar-refractivity contribution in [3.05, 3.63) is 18.2 Å². The van der Waals surface area contributed by atoms with Gasteiger partial charge < -0.3 is 14.0 Å². The normalized spacial score (nSPS) is 10.4. The lowest BCUT2D eigenvalue weighted by Gasteiger charge is -2.19. The van der Waals surface area contributed by atoms with Crippen LogP contribution in [0.4, 0.5) is 0 Å². The maximum absolute atomic E-state index is 11.3. The third-order valence-corrected chi connectivity index (χ3v) is 2.46. The Morgan fingerprint density at radius 3 is 2.22 bits per heavy atom.